The van der Waals surface area contributed by atoms with E-state index in [9.17, 15) is 13.2 Å². The highest BCUT2D eigenvalue weighted by molar-refractivity contribution is 7.92. The Morgan fingerprint density at radius 2 is 1.84 bits per heavy atom. The van der Waals surface area contributed by atoms with Crippen LogP contribution in [0.5, 0.6) is 0 Å². The molecule has 0 amide bonds. The van der Waals surface area contributed by atoms with Crippen LogP contribution in [0.2, 0.25) is 5.02 Å². The van der Waals surface area contributed by atoms with Gasteiger partial charge in [-0.1, -0.05) is 11.6 Å². The van der Waals surface area contributed by atoms with Gasteiger partial charge < -0.3 is 5.73 Å². The lowest BCUT2D eigenvalue weighted by Crippen LogP contribution is -2.18. The molecular weight excluding hydrogens is 380 g/mol. The van der Waals surface area contributed by atoms with Crippen LogP contribution in [0.15, 0.2) is 58.3 Å². The molecule has 0 saturated carbocycles. The van der Waals surface area contributed by atoms with Gasteiger partial charge in [0.05, 0.1) is 0 Å². The van der Waals surface area contributed by atoms with Crippen LogP contribution in [0.1, 0.15) is 10.4 Å². The SMILES string of the molecule is Nc1cc(-c2ccsc2)cc(S(=O)(=O)CC(=O)c2ccc(Cl)cc2)n1. The first-order valence-electron chi connectivity index (χ1n) is 7.17. The number of hydrogen-bond acceptors (Lipinski definition) is 6. The molecule has 0 saturated heterocycles. The second-order valence-corrected chi connectivity index (χ2v) is 8.47. The lowest BCUT2D eigenvalue weighted by atomic mass is 10.1. The maximum absolute atomic E-state index is 12.6. The van der Waals surface area contributed by atoms with Gasteiger partial charge in [-0.2, -0.15) is 11.3 Å². The van der Waals surface area contributed by atoms with Gasteiger partial charge in [-0.05, 0) is 64.4 Å². The van der Waals surface area contributed by atoms with Gasteiger partial charge in [0.1, 0.15) is 11.6 Å². The van der Waals surface area contributed by atoms with Crippen molar-refractivity contribution in [1.82, 2.24) is 4.98 Å². The van der Waals surface area contributed by atoms with Crippen LogP contribution in [0, 0.1) is 0 Å². The molecule has 2 aromatic heterocycles. The summed E-state index contributed by atoms with van der Waals surface area (Å²) >= 11 is 7.26. The molecule has 0 unspecified atom stereocenters. The highest BCUT2D eigenvalue weighted by Gasteiger charge is 2.23. The van der Waals surface area contributed by atoms with E-state index in [4.69, 9.17) is 17.3 Å². The Labute approximate surface area is 154 Å². The third-order valence-electron chi connectivity index (χ3n) is 3.48. The summed E-state index contributed by atoms with van der Waals surface area (Å²) in [6.07, 6.45) is 0. The van der Waals surface area contributed by atoms with Crippen LogP contribution in [-0.4, -0.2) is 24.9 Å². The largest absolute Gasteiger partial charge is 0.384 e. The number of hydrogen-bond donors (Lipinski definition) is 1. The fraction of sp³-hybridized carbons (Fsp3) is 0.0588. The number of benzene rings is 1. The van der Waals surface area contributed by atoms with Gasteiger partial charge in [-0.3, -0.25) is 4.79 Å². The first kappa shape index (κ1) is 17.6. The molecular formula is C17H13ClN2O3S2. The highest BCUT2D eigenvalue weighted by atomic mass is 35.5. The van der Waals surface area contributed by atoms with Gasteiger partial charge in [0.2, 0.25) is 9.84 Å². The fourth-order valence-electron chi connectivity index (χ4n) is 2.25. The van der Waals surface area contributed by atoms with E-state index in [0.29, 0.717) is 10.6 Å². The Kier molecular flexibility index (Phi) is 4.89. The van der Waals surface area contributed by atoms with Crippen LogP contribution in [-0.2, 0) is 9.84 Å². The van der Waals surface area contributed by atoms with Gasteiger partial charge in [-0.25, -0.2) is 13.4 Å². The molecule has 8 heteroatoms. The van der Waals surface area contributed by atoms with E-state index in [-0.39, 0.29) is 16.4 Å². The van der Waals surface area contributed by atoms with E-state index >= 15 is 0 Å². The molecule has 0 radical (unpaired) electrons. The number of aromatic nitrogens is 1. The molecule has 3 rings (SSSR count). The van der Waals surface area contributed by atoms with Crippen LogP contribution in [0.25, 0.3) is 11.1 Å². The molecule has 0 atom stereocenters. The number of anilines is 1. The number of carbonyl (C=O) groups excluding carboxylic acids is 1. The highest BCUT2D eigenvalue weighted by Crippen LogP contribution is 2.26. The molecule has 1 aromatic carbocycles. The molecule has 0 aliphatic rings. The van der Waals surface area contributed by atoms with Crippen LogP contribution in [0.4, 0.5) is 5.82 Å². The molecule has 2 heterocycles. The normalized spacial score (nSPS) is 11.4. The third kappa shape index (κ3) is 4.07. The van der Waals surface area contributed by atoms with Gasteiger partial charge in [0.15, 0.2) is 10.8 Å². The number of thiophene rings is 1. The minimum atomic E-state index is -3.92. The number of carbonyl (C=O) groups is 1. The zero-order valence-electron chi connectivity index (χ0n) is 12.8. The van der Waals surface area contributed by atoms with E-state index in [1.807, 2.05) is 16.8 Å². The first-order valence-corrected chi connectivity index (χ1v) is 10.1. The summed E-state index contributed by atoms with van der Waals surface area (Å²) in [6, 6.07) is 10.9. The summed E-state index contributed by atoms with van der Waals surface area (Å²) in [5.41, 5.74) is 7.51. The topological polar surface area (TPSA) is 90.1 Å². The summed E-state index contributed by atoms with van der Waals surface area (Å²) in [6.45, 7) is 0. The molecule has 0 bridgehead atoms. The average molecular weight is 393 g/mol. The standard InChI is InChI=1S/C17H13ClN2O3S2/c18-14-3-1-11(2-4-14)15(21)10-25(22,23)17-8-13(7-16(19)20-17)12-5-6-24-9-12/h1-9H,10H2,(H2,19,20). The number of nitrogens with two attached hydrogens (primary N) is 1. The maximum Gasteiger partial charge on any atom is 0.203 e. The molecule has 5 nitrogen and oxygen atoms in total. The van der Waals surface area contributed by atoms with Gasteiger partial charge in [0.25, 0.3) is 0 Å². The maximum atomic E-state index is 12.6. The van der Waals surface area contributed by atoms with Crippen molar-refractivity contribution in [2.75, 3.05) is 11.5 Å². The minimum absolute atomic E-state index is 0.0845. The number of Topliss-reactive ketones (excluding diaryl/α,β-unsaturated/α-hetero) is 1. The number of pyridine rings is 1. The summed E-state index contributed by atoms with van der Waals surface area (Å²) in [4.78, 5) is 16.2. The summed E-state index contributed by atoms with van der Waals surface area (Å²) in [5, 5.41) is 4.02. The zero-order chi connectivity index (χ0) is 18.0. The van der Waals surface area contributed by atoms with Gasteiger partial charge in [-0.15, -0.1) is 0 Å². The second kappa shape index (κ2) is 6.95. The van der Waals surface area contributed by atoms with Crippen molar-refractivity contribution in [2.45, 2.75) is 5.03 Å². The van der Waals surface area contributed by atoms with Crippen molar-refractivity contribution in [2.24, 2.45) is 0 Å². The lowest BCUT2D eigenvalue weighted by molar-refractivity contribution is 0.102. The molecule has 0 aliphatic carbocycles. The van der Waals surface area contributed by atoms with Gasteiger partial charge >= 0.3 is 0 Å². The number of nitrogen functional groups attached to an aromatic ring is 1. The predicted octanol–water partition coefficient (Wildman–Crippen LogP) is 3.70. The van der Waals surface area contributed by atoms with E-state index in [1.54, 1.807) is 6.07 Å². The summed E-state index contributed by atoms with van der Waals surface area (Å²) in [5.74, 6) is -1.13. The zero-order valence-corrected chi connectivity index (χ0v) is 15.2. The van der Waals surface area contributed by atoms with Crippen LogP contribution in [0.3, 0.4) is 0 Å². The number of rotatable bonds is 5. The Morgan fingerprint density at radius 3 is 2.48 bits per heavy atom. The minimum Gasteiger partial charge on any atom is -0.384 e. The Hall–Kier alpha value is -2.22. The average Bonchev–Trinajstić information content (AvgIpc) is 3.09. The molecule has 2 N–H and O–H groups in total. The van der Waals surface area contributed by atoms with Crippen molar-refractivity contribution in [3.8, 4) is 11.1 Å². The smallest absolute Gasteiger partial charge is 0.203 e. The van der Waals surface area contributed by atoms with Crippen molar-refractivity contribution in [3.63, 3.8) is 0 Å². The Balaban J connectivity index is 1.92. The lowest BCUT2D eigenvalue weighted by Gasteiger charge is -2.07. The van der Waals surface area contributed by atoms with Crippen molar-refractivity contribution in [1.29, 1.82) is 0 Å². The molecule has 25 heavy (non-hydrogen) atoms. The molecule has 0 fully saturated rings. The molecule has 0 spiro atoms. The van der Waals surface area contributed by atoms with Crippen molar-refractivity contribution >= 4 is 44.4 Å². The molecule has 128 valence electrons. The number of ketones is 1. The van der Waals surface area contributed by atoms with E-state index in [0.717, 1.165) is 5.56 Å². The van der Waals surface area contributed by atoms with Crippen LogP contribution >= 0.6 is 22.9 Å². The van der Waals surface area contributed by atoms with Gasteiger partial charge in [0, 0.05) is 10.6 Å². The van der Waals surface area contributed by atoms with Crippen LogP contribution < -0.4 is 5.73 Å². The number of nitrogens with zero attached hydrogens (tertiary/aromatic N) is 1. The molecule has 0 aliphatic heterocycles. The Bertz CT molecular complexity index is 1010. The van der Waals surface area contributed by atoms with Crippen molar-refractivity contribution in [3.05, 3.63) is 63.8 Å². The number of sulfone groups is 1. The molecule has 3 aromatic rings. The number of halogens is 1. The van der Waals surface area contributed by atoms with E-state index < -0.39 is 21.4 Å². The fourth-order valence-corrected chi connectivity index (χ4v) is 4.25. The van der Waals surface area contributed by atoms with E-state index in [2.05, 4.69) is 4.98 Å². The van der Waals surface area contributed by atoms with Crippen molar-refractivity contribution < 1.29 is 13.2 Å². The predicted molar refractivity (Wildman–Crippen MR) is 99.8 cm³/mol. The third-order valence-corrected chi connectivity index (χ3v) is 5.91. The first-order chi connectivity index (χ1) is 11.8. The quantitative estimate of drug-likeness (QED) is 0.668. The summed E-state index contributed by atoms with van der Waals surface area (Å²) < 4.78 is 25.2. The monoisotopic (exact) mass is 392 g/mol. The Morgan fingerprint density at radius 1 is 1.12 bits per heavy atom. The van der Waals surface area contributed by atoms with E-state index in [1.165, 1.54) is 41.7 Å². The second-order valence-electron chi connectivity index (χ2n) is 5.32. The summed E-state index contributed by atoms with van der Waals surface area (Å²) in [7, 11) is -3.92.